The zero-order valence-corrected chi connectivity index (χ0v) is 33.7. The van der Waals surface area contributed by atoms with Crippen molar-refractivity contribution in [1.82, 2.24) is 19.8 Å². The highest BCUT2D eigenvalue weighted by Gasteiger charge is 2.44. The van der Waals surface area contributed by atoms with E-state index in [1.165, 1.54) is 29.4 Å². The predicted octanol–water partition coefficient (Wildman–Crippen LogP) is 8.67. The number of para-hydroxylation sites is 1. The number of fused-ring (bicyclic) bond motifs is 5. The van der Waals surface area contributed by atoms with Gasteiger partial charge in [-0.3, -0.25) is 9.59 Å². The van der Waals surface area contributed by atoms with Crippen LogP contribution in [0.2, 0.25) is 0 Å². The first kappa shape index (κ1) is 39.9. The molecule has 3 N–H and O–H groups in total. The van der Waals surface area contributed by atoms with Crippen LogP contribution in [0, 0.1) is 0 Å². The lowest BCUT2D eigenvalue weighted by atomic mass is 9.95. The summed E-state index contributed by atoms with van der Waals surface area (Å²) in [5.41, 5.74) is -0.248. The van der Waals surface area contributed by atoms with Crippen molar-refractivity contribution in [3.05, 3.63) is 82.9 Å². The third-order valence-electron chi connectivity index (χ3n) is 12.1. The molecule has 2 saturated heterocycles. The number of halogens is 3. The van der Waals surface area contributed by atoms with E-state index >= 15 is 0 Å². The van der Waals surface area contributed by atoms with E-state index in [9.17, 15) is 32.3 Å². The lowest BCUT2D eigenvalue weighted by Gasteiger charge is -2.39. The quantitative estimate of drug-likeness (QED) is 0.134. The Balaban J connectivity index is 1.03. The summed E-state index contributed by atoms with van der Waals surface area (Å²) in [4.78, 5) is 65.4. The van der Waals surface area contributed by atoms with Crippen molar-refractivity contribution in [1.29, 1.82) is 0 Å². The minimum absolute atomic E-state index is 0.0385. The molecule has 61 heavy (non-hydrogen) atoms. The molecule has 0 unspecified atom stereocenters. The van der Waals surface area contributed by atoms with E-state index in [2.05, 4.69) is 20.2 Å². The van der Waals surface area contributed by atoms with E-state index < -0.39 is 47.2 Å². The Morgan fingerprint density at radius 1 is 0.885 bits per heavy atom. The maximum atomic E-state index is 14.6. The molecule has 3 aromatic heterocycles. The van der Waals surface area contributed by atoms with Crippen LogP contribution in [0.1, 0.15) is 87.6 Å². The largest absolute Gasteiger partial charge is 0.493 e. The van der Waals surface area contributed by atoms with Crippen LogP contribution in [0.25, 0.3) is 32.8 Å². The van der Waals surface area contributed by atoms with Crippen molar-refractivity contribution in [2.45, 2.75) is 57.2 Å². The van der Waals surface area contributed by atoms with Gasteiger partial charge in [0.1, 0.15) is 11.4 Å². The summed E-state index contributed by atoms with van der Waals surface area (Å²) in [7, 11) is 2.50. The number of alkyl halides is 3. The molecule has 0 bridgehead atoms. The summed E-state index contributed by atoms with van der Waals surface area (Å²) in [6.45, 7) is 4.63. The fraction of sp³-hybridized carbons (Fsp3) is 0.364. The average molecular weight is 841 g/mol. The topological polar surface area (TPSA) is 162 Å². The molecule has 1 atom stereocenters. The molecule has 6 aromatic rings. The van der Waals surface area contributed by atoms with Crippen molar-refractivity contribution < 1.29 is 51.0 Å². The van der Waals surface area contributed by atoms with Crippen LogP contribution < -0.4 is 19.7 Å². The van der Waals surface area contributed by atoms with Crippen molar-refractivity contribution in [2.24, 2.45) is 0 Å². The van der Waals surface area contributed by atoms with E-state index in [0.29, 0.717) is 58.0 Å². The van der Waals surface area contributed by atoms with E-state index in [4.69, 9.17) is 18.6 Å². The van der Waals surface area contributed by atoms with Crippen molar-refractivity contribution in [3.8, 4) is 11.5 Å². The Hall–Kier alpha value is -6.49. The minimum atomic E-state index is -5.01. The number of likely N-dealkylation sites (tertiary alicyclic amines) is 2. The Morgan fingerprint density at radius 3 is 2.38 bits per heavy atom. The van der Waals surface area contributed by atoms with Crippen molar-refractivity contribution >= 4 is 68.0 Å². The number of rotatable bonds is 7. The number of carbonyl (C=O) groups is 4. The molecule has 17 heteroatoms. The van der Waals surface area contributed by atoms with Gasteiger partial charge in [-0.15, -0.1) is 0 Å². The third-order valence-corrected chi connectivity index (χ3v) is 12.1. The molecule has 0 radical (unpaired) electrons. The number of methoxy groups -OCH3 is 2. The number of nitrogens with one attached hydrogen (secondary N) is 3. The third kappa shape index (κ3) is 7.19. The number of piperidine rings is 2. The van der Waals surface area contributed by atoms with Gasteiger partial charge in [0.15, 0.2) is 22.8 Å². The predicted molar refractivity (Wildman–Crippen MR) is 220 cm³/mol. The highest BCUT2D eigenvalue weighted by molar-refractivity contribution is 6.15. The number of H-pyrrole nitrogens is 2. The molecule has 3 amide bonds. The van der Waals surface area contributed by atoms with Gasteiger partial charge >= 0.3 is 18.2 Å². The van der Waals surface area contributed by atoms with Crippen LogP contribution in [0.15, 0.2) is 59.0 Å². The minimum Gasteiger partial charge on any atom is -0.493 e. The van der Waals surface area contributed by atoms with Gasteiger partial charge in [0.25, 0.3) is 11.8 Å². The molecule has 0 saturated carbocycles. The Morgan fingerprint density at radius 2 is 1.66 bits per heavy atom. The number of nitrogens with zero attached hydrogens (tertiary/aromatic N) is 3. The normalized spacial score (nSPS) is 17.6. The average Bonchev–Trinajstić information content (AvgIpc) is 4.06. The fourth-order valence-corrected chi connectivity index (χ4v) is 9.16. The van der Waals surface area contributed by atoms with Crippen LogP contribution in [0.4, 0.5) is 29.3 Å². The van der Waals surface area contributed by atoms with Crippen LogP contribution in [-0.4, -0.2) is 96.6 Å². The molecular formula is C44H43F3N6O8. The molecule has 9 rings (SSSR count). The maximum Gasteiger partial charge on any atom is 0.432 e. The van der Waals surface area contributed by atoms with Gasteiger partial charge in [-0.05, 0) is 80.7 Å². The van der Waals surface area contributed by atoms with Gasteiger partial charge in [0.2, 0.25) is 0 Å². The second kappa shape index (κ2) is 15.5. The van der Waals surface area contributed by atoms with Gasteiger partial charge < -0.3 is 48.6 Å². The number of aromatic amines is 2. The highest BCUT2D eigenvalue weighted by Crippen LogP contribution is 2.49. The maximum absolute atomic E-state index is 14.6. The van der Waals surface area contributed by atoms with Crippen molar-refractivity contribution in [2.75, 3.05) is 57.2 Å². The molecule has 3 aliphatic rings. The van der Waals surface area contributed by atoms with Gasteiger partial charge in [-0.25, -0.2) is 9.59 Å². The molecule has 3 aliphatic heterocycles. The number of furan rings is 1. The Kier molecular flexibility index (Phi) is 10.2. The molecule has 14 nitrogen and oxygen atoms in total. The number of ether oxygens (including phenoxy) is 3. The number of amides is 3. The van der Waals surface area contributed by atoms with Gasteiger partial charge in [0, 0.05) is 65.0 Å². The Bertz CT molecular complexity index is 2720. The fourth-order valence-electron chi connectivity index (χ4n) is 9.16. The summed E-state index contributed by atoms with van der Waals surface area (Å²) in [5.74, 6) is -2.51. The zero-order chi connectivity index (χ0) is 42.7. The SMILES string of the molecule is COC(=O)c1c(C(F)(F)F)[nH]c2c(OC(=O)N3CCC(N4CCCCC4)CC3)cc3c(c12)[C@H](C)CN3C(=O)c1cc2cc(NC(=O)c3cc4cccc(OC)c4o3)ccc2[nH]1. The smallest absolute Gasteiger partial charge is 0.432 e. The van der Waals surface area contributed by atoms with Gasteiger partial charge in [-0.1, -0.05) is 25.5 Å². The molecule has 0 aliphatic carbocycles. The van der Waals surface area contributed by atoms with Crippen LogP contribution in [-0.2, 0) is 10.9 Å². The number of esters is 1. The molecule has 0 spiro atoms. The molecule has 318 valence electrons. The summed E-state index contributed by atoms with van der Waals surface area (Å²) in [5, 5.41) is 3.97. The van der Waals surface area contributed by atoms with Crippen molar-refractivity contribution in [3.63, 3.8) is 0 Å². The number of carbonyl (C=O) groups excluding carboxylic acids is 4. The first-order chi connectivity index (χ1) is 29.3. The molecular weight excluding hydrogens is 798 g/mol. The lowest BCUT2D eigenvalue weighted by Crippen LogP contribution is -2.48. The lowest BCUT2D eigenvalue weighted by molar-refractivity contribution is -0.141. The summed E-state index contributed by atoms with van der Waals surface area (Å²) in [6.07, 6.45) is -0.801. The number of anilines is 2. The van der Waals surface area contributed by atoms with Crippen LogP contribution in [0.5, 0.6) is 11.5 Å². The zero-order valence-electron chi connectivity index (χ0n) is 33.7. The Labute approximate surface area is 346 Å². The second-order valence-corrected chi connectivity index (χ2v) is 15.8. The first-order valence-electron chi connectivity index (χ1n) is 20.2. The number of benzene rings is 3. The van der Waals surface area contributed by atoms with Crippen LogP contribution in [0.3, 0.4) is 0 Å². The van der Waals surface area contributed by atoms with Gasteiger partial charge in [0.05, 0.1) is 31.0 Å². The molecule has 3 aromatic carbocycles. The van der Waals surface area contributed by atoms with E-state index in [-0.39, 0.29) is 40.3 Å². The van der Waals surface area contributed by atoms with E-state index in [0.717, 1.165) is 45.9 Å². The monoisotopic (exact) mass is 840 g/mol. The second-order valence-electron chi connectivity index (χ2n) is 15.8. The molecule has 2 fully saturated rings. The van der Waals surface area contributed by atoms with E-state index in [1.54, 1.807) is 55.5 Å². The number of aromatic nitrogens is 2. The first-order valence-corrected chi connectivity index (χ1v) is 20.2. The van der Waals surface area contributed by atoms with Gasteiger partial charge in [-0.2, -0.15) is 13.2 Å². The number of hydrogen-bond donors (Lipinski definition) is 3. The molecule has 6 heterocycles. The number of hydrogen-bond acceptors (Lipinski definition) is 9. The summed E-state index contributed by atoms with van der Waals surface area (Å²) in [6, 6.07) is 15.3. The van der Waals surface area contributed by atoms with E-state index in [1.807, 2.05) is 0 Å². The highest BCUT2D eigenvalue weighted by atomic mass is 19.4. The van der Waals surface area contributed by atoms with Crippen LogP contribution >= 0.6 is 0 Å². The standard InChI is InChI=1S/C44H43F3N6O8/c1-23-22-53(41(55)29-19-25-18-26(10-11-28(25)49-29)48-40(54)33-20-24-8-7-9-31(58-2)38(24)60-33)30-21-32(37-35(34(23)30)36(42(56)59-3)39(50-37)44(45,46)47)61-43(57)52-16-12-27(13-17-52)51-14-5-4-6-15-51/h7-11,18-21,23,27,49-50H,4-6,12-17,22H2,1-3H3,(H,48,54)/t23-/m1/s1. The summed E-state index contributed by atoms with van der Waals surface area (Å²) >= 11 is 0. The summed E-state index contributed by atoms with van der Waals surface area (Å²) < 4.78 is 65.8.